The Morgan fingerprint density at radius 1 is 0.839 bits per heavy atom. The summed E-state index contributed by atoms with van der Waals surface area (Å²) >= 11 is 0. The molecule has 4 aromatic rings. The van der Waals surface area contributed by atoms with E-state index in [2.05, 4.69) is 76.6 Å². The van der Waals surface area contributed by atoms with E-state index in [4.69, 9.17) is 4.74 Å². The summed E-state index contributed by atoms with van der Waals surface area (Å²) in [5.41, 5.74) is 2.66. The van der Waals surface area contributed by atoms with Crippen molar-refractivity contribution in [1.82, 2.24) is 9.88 Å². The van der Waals surface area contributed by atoms with Gasteiger partial charge in [-0.25, -0.2) is 0 Å². The van der Waals surface area contributed by atoms with Gasteiger partial charge in [-0.2, -0.15) is 0 Å². The zero-order chi connectivity index (χ0) is 20.9. The number of piperidine rings is 1. The molecule has 3 nitrogen and oxygen atoms in total. The third-order valence-electron chi connectivity index (χ3n) is 6.76. The number of ether oxygens (including phenoxy) is 1. The highest BCUT2D eigenvalue weighted by atomic mass is 16.5. The van der Waals surface area contributed by atoms with E-state index in [9.17, 15) is 0 Å². The van der Waals surface area contributed by atoms with E-state index in [1.807, 2.05) is 6.20 Å². The van der Waals surface area contributed by atoms with Gasteiger partial charge >= 0.3 is 0 Å². The van der Waals surface area contributed by atoms with Crippen molar-refractivity contribution < 1.29 is 4.74 Å². The molecule has 3 aromatic carbocycles. The maximum atomic E-state index is 6.03. The molecule has 1 saturated heterocycles. The predicted molar refractivity (Wildman–Crippen MR) is 130 cm³/mol. The lowest BCUT2D eigenvalue weighted by Gasteiger charge is -2.32. The molecule has 0 amide bonds. The Hall–Kier alpha value is -2.78. The first-order valence-corrected chi connectivity index (χ1v) is 11.8. The molecule has 1 N–H and O–H groups in total. The van der Waals surface area contributed by atoms with Gasteiger partial charge in [-0.3, -0.25) is 0 Å². The molecule has 0 radical (unpaired) electrons. The Kier molecular flexibility index (Phi) is 6.22. The number of aromatic amines is 1. The maximum absolute atomic E-state index is 6.03. The van der Waals surface area contributed by atoms with Crippen LogP contribution in [0, 0.1) is 0 Å². The molecule has 0 atom stereocenters. The molecule has 1 aromatic heterocycles. The Balaban J connectivity index is 1.01. The van der Waals surface area contributed by atoms with Crippen molar-refractivity contribution in [3.63, 3.8) is 0 Å². The first-order chi connectivity index (χ1) is 15.4. The summed E-state index contributed by atoms with van der Waals surface area (Å²) in [5.74, 6) is 1.71. The summed E-state index contributed by atoms with van der Waals surface area (Å²) in [5, 5.41) is 3.90. The number of hydrogen-bond donors (Lipinski definition) is 1. The largest absolute Gasteiger partial charge is 0.493 e. The number of unbranched alkanes of at least 4 members (excludes halogenated alkanes) is 2. The third-order valence-corrected chi connectivity index (χ3v) is 6.76. The molecule has 0 unspecified atom stereocenters. The van der Waals surface area contributed by atoms with E-state index >= 15 is 0 Å². The zero-order valence-electron chi connectivity index (χ0n) is 18.2. The van der Waals surface area contributed by atoms with Crippen LogP contribution in [0.4, 0.5) is 0 Å². The van der Waals surface area contributed by atoms with Gasteiger partial charge in [0.15, 0.2) is 0 Å². The molecule has 31 heavy (non-hydrogen) atoms. The predicted octanol–water partition coefficient (Wildman–Crippen LogP) is 6.75. The molecule has 0 spiro atoms. The summed E-state index contributed by atoms with van der Waals surface area (Å²) < 4.78 is 6.03. The normalized spacial score (nSPS) is 15.6. The van der Waals surface area contributed by atoms with Crippen LogP contribution in [0.5, 0.6) is 5.75 Å². The van der Waals surface area contributed by atoms with E-state index in [1.54, 1.807) is 0 Å². The molecule has 1 aliphatic heterocycles. The van der Waals surface area contributed by atoms with Gasteiger partial charge in [0.2, 0.25) is 0 Å². The van der Waals surface area contributed by atoms with Crippen LogP contribution >= 0.6 is 0 Å². The monoisotopic (exact) mass is 412 g/mol. The topological polar surface area (TPSA) is 28.3 Å². The van der Waals surface area contributed by atoms with Crippen LogP contribution in [-0.2, 0) is 0 Å². The van der Waals surface area contributed by atoms with Crippen LogP contribution in [-0.4, -0.2) is 36.1 Å². The van der Waals surface area contributed by atoms with Crippen molar-refractivity contribution in [2.75, 3.05) is 26.2 Å². The Morgan fingerprint density at radius 3 is 2.61 bits per heavy atom. The second-order valence-corrected chi connectivity index (χ2v) is 8.83. The second kappa shape index (κ2) is 9.57. The second-order valence-electron chi connectivity index (χ2n) is 8.83. The first kappa shape index (κ1) is 20.1. The van der Waals surface area contributed by atoms with Gasteiger partial charge in [-0.15, -0.1) is 0 Å². The summed E-state index contributed by atoms with van der Waals surface area (Å²) in [4.78, 5) is 5.89. The molecular formula is C28H32N2O. The lowest BCUT2D eigenvalue weighted by molar-refractivity contribution is 0.206. The van der Waals surface area contributed by atoms with Gasteiger partial charge in [0, 0.05) is 17.1 Å². The summed E-state index contributed by atoms with van der Waals surface area (Å²) in [6.45, 7) is 4.47. The fourth-order valence-electron chi connectivity index (χ4n) is 4.93. The highest BCUT2D eigenvalue weighted by Gasteiger charge is 2.20. The average molecular weight is 413 g/mol. The minimum absolute atomic E-state index is 0.713. The lowest BCUT2D eigenvalue weighted by Crippen LogP contribution is -2.33. The minimum atomic E-state index is 0.713. The molecule has 1 fully saturated rings. The van der Waals surface area contributed by atoms with Crippen molar-refractivity contribution in [2.24, 2.45) is 0 Å². The van der Waals surface area contributed by atoms with Crippen molar-refractivity contribution in [3.8, 4) is 5.75 Å². The molecule has 5 rings (SSSR count). The van der Waals surface area contributed by atoms with Crippen LogP contribution < -0.4 is 4.74 Å². The molecule has 0 saturated carbocycles. The van der Waals surface area contributed by atoms with E-state index in [0.717, 1.165) is 24.3 Å². The zero-order valence-corrected chi connectivity index (χ0v) is 18.2. The van der Waals surface area contributed by atoms with Gasteiger partial charge in [0.25, 0.3) is 0 Å². The lowest BCUT2D eigenvalue weighted by atomic mass is 9.88. The number of H-pyrrole nitrogens is 1. The highest BCUT2D eigenvalue weighted by molar-refractivity contribution is 5.85. The highest BCUT2D eigenvalue weighted by Crippen LogP contribution is 2.30. The number of rotatable bonds is 8. The number of benzene rings is 3. The van der Waals surface area contributed by atoms with Crippen molar-refractivity contribution >= 4 is 21.7 Å². The average Bonchev–Trinajstić information content (AvgIpc) is 3.31. The number of hydrogen-bond acceptors (Lipinski definition) is 2. The molecule has 0 bridgehead atoms. The van der Waals surface area contributed by atoms with Gasteiger partial charge in [-0.05, 0) is 92.2 Å². The third kappa shape index (κ3) is 4.77. The van der Waals surface area contributed by atoms with Crippen LogP contribution in [0.15, 0.2) is 72.9 Å². The summed E-state index contributed by atoms with van der Waals surface area (Å²) in [6.07, 6.45) is 8.14. The quantitative estimate of drug-likeness (QED) is 0.324. The maximum Gasteiger partial charge on any atom is 0.128 e. The van der Waals surface area contributed by atoms with E-state index < -0.39 is 0 Å². The molecule has 2 heterocycles. The number of likely N-dealkylation sites (tertiary alicyclic amines) is 1. The van der Waals surface area contributed by atoms with Gasteiger partial charge in [0.05, 0.1) is 6.61 Å². The van der Waals surface area contributed by atoms with Crippen molar-refractivity contribution in [2.45, 2.75) is 38.0 Å². The van der Waals surface area contributed by atoms with Gasteiger partial charge in [-0.1, -0.05) is 48.5 Å². The fraction of sp³-hybridized carbons (Fsp3) is 0.357. The Morgan fingerprint density at radius 2 is 1.71 bits per heavy atom. The van der Waals surface area contributed by atoms with Gasteiger partial charge < -0.3 is 14.6 Å². The summed E-state index contributed by atoms with van der Waals surface area (Å²) in [7, 11) is 0. The standard InChI is InChI=1S/C28H32N2O/c1(5-20-31-28-10-6-9-27-26(28)13-16-29-27)4-17-30-18-14-23(15-19-30)25-12-11-22-7-2-3-8-24(22)21-25/h2-3,6-13,16,21,23,29H,1,4-5,14-15,17-20H2. The van der Waals surface area contributed by atoms with Crippen molar-refractivity contribution in [1.29, 1.82) is 0 Å². The van der Waals surface area contributed by atoms with Crippen LogP contribution in [0.1, 0.15) is 43.6 Å². The fourth-order valence-corrected chi connectivity index (χ4v) is 4.93. The van der Waals surface area contributed by atoms with Gasteiger partial charge in [0.1, 0.15) is 5.75 Å². The number of nitrogens with one attached hydrogen (secondary N) is 1. The minimum Gasteiger partial charge on any atom is -0.493 e. The first-order valence-electron chi connectivity index (χ1n) is 11.8. The number of fused-ring (bicyclic) bond motifs is 2. The van der Waals surface area contributed by atoms with Crippen LogP contribution in [0.3, 0.4) is 0 Å². The SMILES string of the molecule is c1ccc2cc(C3CCN(CCCCCOc4cccc5[nH]ccc45)CC3)ccc2c1. The molecule has 0 aliphatic carbocycles. The van der Waals surface area contributed by atoms with Crippen molar-refractivity contribution in [3.05, 3.63) is 78.5 Å². The molecule has 1 aliphatic rings. The smallest absolute Gasteiger partial charge is 0.128 e. The van der Waals surface area contributed by atoms with Crippen LogP contribution in [0.25, 0.3) is 21.7 Å². The van der Waals surface area contributed by atoms with E-state index in [1.165, 1.54) is 67.0 Å². The number of aromatic nitrogens is 1. The molecular weight excluding hydrogens is 380 g/mol. The Labute approximate surface area is 185 Å². The molecule has 3 heteroatoms. The van der Waals surface area contributed by atoms with Crippen LogP contribution in [0.2, 0.25) is 0 Å². The van der Waals surface area contributed by atoms with E-state index in [0.29, 0.717) is 5.92 Å². The van der Waals surface area contributed by atoms with E-state index in [-0.39, 0.29) is 0 Å². The number of nitrogens with zero attached hydrogens (tertiary/aromatic N) is 1. The Bertz CT molecular complexity index is 1120. The summed E-state index contributed by atoms with van der Waals surface area (Å²) in [6, 6.07) is 24.0. The molecule has 160 valence electrons.